The van der Waals surface area contributed by atoms with Crippen LogP contribution in [0.2, 0.25) is 0 Å². The highest BCUT2D eigenvalue weighted by Crippen LogP contribution is 2.26. The number of benzene rings is 1. The minimum absolute atomic E-state index is 0.211. The van der Waals surface area contributed by atoms with Crippen LogP contribution in [0.4, 0.5) is 21.7 Å². The molecule has 0 spiro atoms. The molecule has 2 rings (SSSR count). The Bertz CT molecular complexity index is 609. The van der Waals surface area contributed by atoms with Crippen LogP contribution in [0, 0.1) is 22.9 Å². The third-order valence-electron chi connectivity index (χ3n) is 2.53. The molecule has 0 aliphatic rings. The molecule has 1 aromatic carbocycles. The molecule has 0 aliphatic heterocycles. The molecule has 2 aromatic rings. The molecule has 7 heteroatoms. The zero-order valence-corrected chi connectivity index (χ0v) is 9.85. The summed E-state index contributed by atoms with van der Waals surface area (Å²) in [5.74, 6) is -0.452. The van der Waals surface area contributed by atoms with Crippen LogP contribution < -0.4 is 5.32 Å². The molecule has 0 atom stereocenters. The molecule has 0 bridgehead atoms. The highest BCUT2D eigenvalue weighted by Gasteiger charge is 2.20. The van der Waals surface area contributed by atoms with Crippen LogP contribution in [0.1, 0.15) is 5.56 Å². The van der Waals surface area contributed by atoms with Gasteiger partial charge in [0.05, 0.1) is 0 Å². The first kappa shape index (κ1) is 12.0. The lowest BCUT2D eigenvalue weighted by Gasteiger charge is -2.07. The minimum atomic E-state index is -0.590. The van der Waals surface area contributed by atoms with Gasteiger partial charge in [-0.1, -0.05) is 6.07 Å². The van der Waals surface area contributed by atoms with E-state index in [-0.39, 0.29) is 17.5 Å². The van der Waals surface area contributed by atoms with Crippen molar-refractivity contribution in [1.82, 2.24) is 9.55 Å². The molecule has 0 fully saturated rings. The van der Waals surface area contributed by atoms with Gasteiger partial charge in [-0.2, -0.15) is 0 Å². The maximum Gasteiger partial charge on any atom is 0.406 e. The second-order valence-corrected chi connectivity index (χ2v) is 3.87. The lowest BCUT2D eigenvalue weighted by atomic mass is 10.2. The van der Waals surface area contributed by atoms with E-state index in [1.54, 1.807) is 26.1 Å². The number of hydrogen-bond donors (Lipinski definition) is 1. The van der Waals surface area contributed by atoms with Crippen LogP contribution in [0.3, 0.4) is 0 Å². The maximum absolute atomic E-state index is 13.4. The van der Waals surface area contributed by atoms with Gasteiger partial charge in [0.15, 0.2) is 0 Å². The van der Waals surface area contributed by atoms with E-state index in [9.17, 15) is 14.5 Å². The average Bonchev–Trinajstić information content (AvgIpc) is 2.66. The first-order valence-corrected chi connectivity index (χ1v) is 5.18. The van der Waals surface area contributed by atoms with E-state index in [0.29, 0.717) is 11.3 Å². The smallest absolute Gasteiger partial charge is 0.358 e. The summed E-state index contributed by atoms with van der Waals surface area (Å²) in [4.78, 5) is 13.8. The Morgan fingerprint density at radius 3 is 2.83 bits per heavy atom. The van der Waals surface area contributed by atoms with Crippen LogP contribution >= 0.6 is 0 Å². The number of nitrogens with zero attached hydrogens (tertiary/aromatic N) is 3. The van der Waals surface area contributed by atoms with Gasteiger partial charge in [-0.05, 0) is 34.5 Å². The van der Waals surface area contributed by atoms with Gasteiger partial charge in [0.25, 0.3) is 0 Å². The number of imidazole rings is 1. The summed E-state index contributed by atoms with van der Waals surface area (Å²) in [5.41, 5.74) is 0.949. The molecule has 1 heterocycles. The third-order valence-corrected chi connectivity index (χ3v) is 2.53. The van der Waals surface area contributed by atoms with Crippen molar-refractivity contribution in [3.05, 3.63) is 46.0 Å². The number of aryl methyl sites for hydroxylation is 2. The van der Waals surface area contributed by atoms with Gasteiger partial charge < -0.3 is 15.4 Å². The fraction of sp³-hybridized carbons (Fsp3) is 0.182. The fourth-order valence-electron chi connectivity index (χ4n) is 1.50. The molecule has 0 saturated carbocycles. The van der Waals surface area contributed by atoms with E-state index in [4.69, 9.17) is 0 Å². The van der Waals surface area contributed by atoms with Gasteiger partial charge in [-0.25, -0.2) is 4.39 Å². The molecular weight excluding hydrogens is 239 g/mol. The normalized spacial score (nSPS) is 10.4. The molecule has 94 valence electrons. The van der Waals surface area contributed by atoms with Crippen LogP contribution in [-0.2, 0) is 7.05 Å². The highest BCUT2D eigenvalue weighted by molar-refractivity contribution is 5.64. The number of nitrogens with one attached hydrogen (secondary N) is 1. The zero-order chi connectivity index (χ0) is 13.3. The van der Waals surface area contributed by atoms with E-state index in [1.807, 2.05) is 0 Å². The lowest BCUT2D eigenvalue weighted by Crippen LogP contribution is -2.01. The van der Waals surface area contributed by atoms with Gasteiger partial charge in [-0.15, -0.1) is 0 Å². The van der Waals surface area contributed by atoms with Crippen LogP contribution in [0.15, 0.2) is 24.5 Å². The second-order valence-electron chi connectivity index (χ2n) is 3.87. The number of hydrogen-bond acceptors (Lipinski definition) is 4. The van der Waals surface area contributed by atoms with Crippen molar-refractivity contribution in [3.63, 3.8) is 0 Å². The third kappa shape index (κ3) is 2.15. The Morgan fingerprint density at radius 1 is 1.50 bits per heavy atom. The van der Waals surface area contributed by atoms with E-state index >= 15 is 0 Å². The summed E-state index contributed by atoms with van der Waals surface area (Å²) in [7, 11) is 1.62. The Morgan fingerprint density at radius 2 is 2.22 bits per heavy atom. The molecule has 1 N–H and O–H groups in total. The SMILES string of the molecule is Cc1ccc(Nc2c([N+](=O)[O-])ncn2C)cc1F. The number of rotatable bonds is 3. The summed E-state index contributed by atoms with van der Waals surface area (Å²) in [6, 6.07) is 4.53. The van der Waals surface area contributed by atoms with Gasteiger partial charge in [0, 0.05) is 12.7 Å². The zero-order valence-electron chi connectivity index (χ0n) is 9.85. The Labute approximate surface area is 102 Å². The number of aromatic nitrogens is 2. The Balaban J connectivity index is 2.36. The summed E-state index contributed by atoms with van der Waals surface area (Å²) in [6.07, 6.45) is 1.32. The Hall–Kier alpha value is -2.44. The van der Waals surface area contributed by atoms with Crippen LogP contribution in [0.5, 0.6) is 0 Å². The van der Waals surface area contributed by atoms with Crippen molar-refractivity contribution >= 4 is 17.3 Å². The molecule has 1 aromatic heterocycles. The number of nitro groups is 1. The first-order valence-electron chi connectivity index (χ1n) is 5.18. The maximum atomic E-state index is 13.4. The van der Waals surface area contributed by atoms with Crippen molar-refractivity contribution < 1.29 is 9.31 Å². The summed E-state index contributed by atoms with van der Waals surface area (Å²) >= 11 is 0. The van der Waals surface area contributed by atoms with Crippen LogP contribution in [-0.4, -0.2) is 14.5 Å². The molecule has 18 heavy (non-hydrogen) atoms. The Kier molecular flexibility index (Phi) is 2.97. The molecular formula is C11H11FN4O2. The van der Waals surface area contributed by atoms with Gasteiger partial charge in [0.1, 0.15) is 5.82 Å². The molecule has 0 unspecified atom stereocenters. The van der Waals surface area contributed by atoms with Crippen molar-refractivity contribution in [1.29, 1.82) is 0 Å². The first-order chi connectivity index (χ1) is 8.49. The van der Waals surface area contributed by atoms with Crippen LogP contribution in [0.25, 0.3) is 0 Å². The molecule has 0 radical (unpaired) electrons. The summed E-state index contributed by atoms with van der Waals surface area (Å²) in [6.45, 7) is 1.64. The topological polar surface area (TPSA) is 73.0 Å². The highest BCUT2D eigenvalue weighted by atomic mass is 19.1. The number of halogens is 1. The predicted molar refractivity (Wildman–Crippen MR) is 64.3 cm³/mol. The van der Waals surface area contributed by atoms with E-state index in [1.165, 1.54) is 17.0 Å². The van der Waals surface area contributed by atoms with E-state index in [2.05, 4.69) is 10.3 Å². The average molecular weight is 250 g/mol. The van der Waals surface area contributed by atoms with Gasteiger partial charge in [-0.3, -0.25) is 4.57 Å². The second kappa shape index (κ2) is 4.44. The van der Waals surface area contributed by atoms with Gasteiger partial charge >= 0.3 is 5.82 Å². The van der Waals surface area contributed by atoms with Crippen molar-refractivity contribution in [3.8, 4) is 0 Å². The standard InChI is InChI=1S/C11H11FN4O2/c1-7-3-4-8(5-9(7)12)14-11-10(16(17)18)13-6-15(11)2/h3-6,14H,1-2H3. The lowest BCUT2D eigenvalue weighted by molar-refractivity contribution is -0.388. The minimum Gasteiger partial charge on any atom is -0.358 e. The largest absolute Gasteiger partial charge is 0.406 e. The summed E-state index contributed by atoms with van der Waals surface area (Å²) in [5, 5.41) is 13.6. The predicted octanol–water partition coefficient (Wildman–Crippen LogP) is 2.52. The van der Waals surface area contributed by atoms with E-state index < -0.39 is 4.92 Å². The van der Waals surface area contributed by atoms with Crippen molar-refractivity contribution in [2.75, 3.05) is 5.32 Å². The van der Waals surface area contributed by atoms with Crippen molar-refractivity contribution in [2.24, 2.45) is 7.05 Å². The molecule has 0 amide bonds. The molecule has 0 aliphatic carbocycles. The van der Waals surface area contributed by atoms with Crippen molar-refractivity contribution in [2.45, 2.75) is 6.92 Å². The monoisotopic (exact) mass is 250 g/mol. The number of anilines is 2. The molecule has 6 nitrogen and oxygen atoms in total. The quantitative estimate of drug-likeness (QED) is 0.671. The fourth-order valence-corrected chi connectivity index (χ4v) is 1.50. The summed E-state index contributed by atoms with van der Waals surface area (Å²) < 4.78 is 14.8. The molecule has 0 saturated heterocycles. The van der Waals surface area contributed by atoms with Gasteiger partial charge in [0.2, 0.25) is 12.1 Å². The van der Waals surface area contributed by atoms with E-state index in [0.717, 1.165) is 0 Å².